The van der Waals surface area contributed by atoms with Crippen LogP contribution in [0.5, 0.6) is 5.75 Å². The number of nitrogens with zero attached hydrogens (tertiary/aromatic N) is 3. The number of rotatable bonds is 9. The number of halogens is 3. The molecule has 0 spiro atoms. The zero-order chi connectivity index (χ0) is 32.1. The highest BCUT2D eigenvalue weighted by Gasteiger charge is 2.31. The number of carbonyl (C=O) groups excluding carboxylic acids is 2. The Morgan fingerprint density at radius 2 is 2.04 bits per heavy atom. The van der Waals surface area contributed by atoms with Gasteiger partial charge in [-0.3, -0.25) is 9.59 Å². The number of hydrogen-bond acceptors (Lipinski definition) is 7. The normalized spacial score (nSPS) is 18.5. The summed E-state index contributed by atoms with van der Waals surface area (Å²) in [6.45, 7) is 4.60. The van der Waals surface area contributed by atoms with Crippen molar-refractivity contribution in [3.05, 3.63) is 52.8 Å². The van der Waals surface area contributed by atoms with E-state index in [0.717, 1.165) is 42.5 Å². The van der Waals surface area contributed by atoms with E-state index >= 15 is 0 Å². The third-order valence-corrected chi connectivity index (χ3v) is 8.19. The molecule has 5 rings (SSSR count). The van der Waals surface area contributed by atoms with E-state index in [1.165, 1.54) is 13.2 Å². The van der Waals surface area contributed by atoms with Crippen LogP contribution in [-0.2, 0) is 17.7 Å². The van der Waals surface area contributed by atoms with Crippen molar-refractivity contribution >= 4 is 28.5 Å². The molecule has 0 bridgehead atoms. The highest BCUT2D eigenvalue weighted by atomic mass is 19.4. The van der Waals surface area contributed by atoms with Crippen LogP contribution in [0.3, 0.4) is 0 Å². The summed E-state index contributed by atoms with van der Waals surface area (Å²) < 4.78 is 51.7. The molecule has 0 radical (unpaired) electrons. The van der Waals surface area contributed by atoms with Gasteiger partial charge in [-0.15, -0.1) is 0 Å². The number of benzene rings is 2. The van der Waals surface area contributed by atoms with Crippen molar-refractivity contribution in [2.45, 2.75) is 38.5 Å². The number of ether oxygens (including phenoxy) is 2. The predicted octanol–water partition coefficient (Wildman–Crippen LogP) is 3.44. The molecule has 2 atom stereocenters. The maximum atomic E-state index is 13.6. The molecule has 0 aliphatic carbocycles. The Balaban J connectivity index is 1.37. The largest absolute Gasteiger partial charge is 0.495 e. The van der Waals surface area contributed by atoms with Crippen molar-refractivity contribution in [2.75, 3.05) is 58.9 Å². The summed E-state index contributed by atoms with van der Waals surface area (Å²) in [7, 11) is 3.17. The summed E-state index contributed by atoms with van der Waals surface area (Å²) in [5, 5.41) is 9.11. The van der Waals surface area contributed by atoms with Gasteiger partial charge >= 0.3 is 6.18 Å². The molecule has 0 unspecified atom stereocenters. The highest BCUT2D eigenvalue weighted by Crippen LogP contribution is 2.30. The molecule has 240 valence electrons. The number of nitrogens with one attached hydrogen (secondary N) is 3. The van der Waals surface area contributed by atoms with Crippen molar-refractivity contribution in [3.63, 3.8) is 0 Å². The fraction of sp³-hybridized carbons (Fsp3) is 0.469. The van der Waals surface area contributed by atoms with Gasteiger partial charge in [0.2, 0.25) is 0 Å². The van der Waals surface area contributed by atoms with Crippen LogP contribution in [0.25, 0.3) is 11.0 Å². The summed E-state index contributed by atoms with van der Waals surface area (Å²) in [5.74, 6) is 6.09. The van der Waals surface area contributed by atoms with E-state index in [9.17, 15) is 22.8 Å². The minimum Gasteiger partial charge on any atom is -0.495 e. The number of imidazole rings is 1. The number of anilines is 1. The van der Waals surface area contributed by atoms with Gasteiger partial charge in [-0.2, -0.15) is 13.2 Å². The molecule has 2 aliphatic heterocycles. The average molecular weight is 627 g/mol. The van der Waals surface area contributed by atoms with Crippen molar-refractivity contribution in [2.24, 2.45) is 5.92 Å². The number of aromatic nitrogens is 2. The molecule has 2 aliphatic rings. The molecule has 1 aromatic heterocycles. The maximum Gasteiger partial charge on any atom is 0.406 e. The van der Waals surface area contributed by atoms with Crippen molar-refractivity contribution in [3.8, 4) is 17.6 Å². The molecule has 3 heterocycles. The number of methoxy groups -OCH3 is 2. The molecule has 13 heteroatoms. The lowest BCUT2D eigenvalue weighted by Gasteiger charge is -2.37. The van der Waals surface area contributed by atoms with Gasteiger partial charge in [-0.25, -0.2) is 4.98 Å². The van der Waals surface area contributed by atoms with Crippen LogP contribution in [0.4, 0.5) is 18.9 Å². The molecule has 45 heavy (non-hydrogen) atoms. The van der Waals surface area contributed by atoms with E-state index in [1.807, 2.05) is 6.07 Å². The number of fused-ring (bicyclic) bond motifs is 2. The Bertz CT molecular complexity index is 1630. The first kappa shape index (κ1) is 32.1. The molecular weight excluding hydrogens is 589 g/mol. The molecule has 0 saturated carbocycles. The Kier molecular flexibility index (Phi) is 9.84. The third kappa shape index (κ3) is 7.69. The first-order chi connectivity index (χ1) is 21.6. The zero-order valence-electron chi connectivity index (χ0n) is 25.5. The second-order valence-corrected chi connectivity index (χ2v) is 11.4. The number of carbonyl (C=O) groups is 2. The minimum atomic E-state index is -4.47. The number of amides is 2. The summed E-state index contributed by atoms with van der Waals surface area (Å²) in [5.41, 5.74) is 3.05. The first-order valence-electron chi connectivity index (χ1n) is 14.9. The van der Waals surface area contributed by atoms with E-state index in [2.05, 4.69) is 44.6 Å². The molecule has 3 aromatic rings. The Morgan fingerprint density at radius 1 is 1.22 bits per heavy atom. The number of alkyl halides is 3. The zero-order valence-corrected chi connectivity index (χ0v) is 25.5. The Hall–Kier alpha value is -4.28. The van der Waals surface area contributed by atoms with Crippen LogP contribution < -0.4 is 20.7 Å². The Morgan fingerprint density at radius 3 is 2.78 bits per heavy atom. The van der Waals surface area contributed by atoms with Gasteiger partial charge in [0, 0.05) is 50.5 Å². The predicted molar refractivity (Wildman–Crippen MR) is 164 cm³/mol. The van der Waals surface area contributed by atoms with Crippen LogP contribution in [0, 0.1) is 17.8 Å². The maximum absolute atomic E-state index is 13.6. The number of hydrogen-bond donors (Lipinski definition) is 3. The quantitative estimate of drug-likeness (QED) is 0.313. The SMILES string of the molecule is COCCN1CC[C@H](NC(=O)c2cc(C#CCNc3cc4c(cc3OC)C(=O)NCC4)cc3c2ncn3CC(F)(F)F)[C@@H](C)C1. The molecule has 3 N–H and O–H groups in total. The van der Waals surface area contributed by atoms with Gasteiger partial charge in [0.25, 0.3) is 11.8 Å². The van der Waals surface area contributed by atoms with Gasteiger partial charge in [0.1, 0.15) is 17.8 Å². The van der Waals surface area contributed by atoms with Crippen molar-refractivity contribution < 1.29 is 32.2 Å². The van der Waals surface area contributed by atoms with Crippen LogP contribution in [0.15, 0.2) is 30.6 Å². The van der Waals surface area contributed by atoms with Gasteiger partial charge < -0.3 is 34.9 Å². The summed E-state index contributed by atoms with van der Waals surface area (Å²) >= 11 is 0. The van der Waals surface area contributed by atoms with Gasteiger partial charge in [0.15, 0.2) is 0 Å². The van der Waals surface area contributed by atoms with E-state index in [-0.39, 0.29) is 41.0 Å². The van der Waals surface area contributed by atoms with E-state index in [0.29, 0.717) is 42.1 Å². The van der Waals surface area contributed by atoms with Crippen molar-refractivity contribution in [1.29, 1.82) is 0 Å². The lowest BCUT2D eigenvalue weighted by atomic mass is 9.93. The Labute approximate surface area is 259 Å². The fourth-order valence-electron chi connectivity index (χ4n) is 5.89. The lowest BCUT2D eigenvalue weighted by molar-refractivity contribution is -0.139. The average Bonchev–Trinajstić information content (AvgIpc) is 3.39. The molecule has 2 aromatic carbocycles. The van der Waals surface area contributed by atoms with Crippen LogP contribution >= 0.6 is 0 Å². The summed E-state index contributed by atoms with van der Waals surface area (Å²) in [6.07, 6.45) is -1.94. The van der Waals surface area contributed by atoms with E-state index in [1.54, 1.807) is 19.2 Å². The number of likely N-dealkylation sites (tertiary alicyclic amines) is 1. The fourth-order valence-corrected chi connectivity index (χ4v) is 5.89. The topological polar surface area (TPSA) is 110 Å². The second kappa shape index (κ2) is 13.8. The van der Waals surface area contributed by atoms with Gasteiger partial charge in [-0.05, 0) is 48.6 Å². The molecule has 2 amide bonds. The van der Waals surface area contributed by atoms with E-state index < -0.39 is 18.6 Å². The van der Waals surface area contributed by atoms with Crippen LogP contribution in [0.2, 0.25) is 0 Å². The monoisotopic (exact) mass is 626 g/mol. The molecule has 10 nitrogen and oxygen atoms in total. The standard InChI is InChI=1S/C32H37F3N6O4/c1-20-17-40(11-12-44-2)10-7-25(20)39-31(43)24-13-21(14-27-29(24)38-19-41(27)18-32(33,34)35)5-4-8-36-26-15-22-6-9-37-30(42)23(22)16-28(26)45-3/h13-16,19-20,25,36H,6-12,17-18H2,1-3H3,(H,37,42)(H,39,43)/t20-,25-/m0/s1. The third-order valence-electron chi connectivity index (χ3n) is 8.19. The smallest absolute Gasteiger partial charge is 0.406 e. The highest BCUT2D eigenvalue weighted by molar-refractivity contribution is 6.05. The van der Waals surface area contributed by atoms with E-state index in [4.69, 9.17) is 9.47 Å². The summed E-state index contributed by atoms with van der Waals surface area (Å²) in [6, 6.07) is 6.55. The second-order valence-electron chi connectivity index (χ2n) is 11.4. The van der Waals surface area contributed by atoms with Gasteiger partial charge in [0.05, 0.1) is 43.4 Å². The lowest BCUT2D eigenvalue weighted by Crippen LogP contribution is -2.50. The van der Waals surface area contributed by atoms with Crippen LogP contribution in [0.1, 0.15) is 45.2 Å². The van der Waals surface area contributed by atoms with Gasteiger partial charge in [-0.1, -0.05) is 18.8 Å². The molecular formula is C32H37F3N6O4. The number of piperidine rings is 1. The molecule has 1 fully saturated rings. The van der Waals surface area contributed by atoms with Crippen molar-refractivity contribution in [1.82, 2.24) is 25.1 Å². The molecule has 1 saturated heterocycles. The first-order valence-corrected chi connectivity index (χ1v) is 14.9. The van der Waals surface area contributed by atoms with Crippen LogP contribution in [-0.4, -0.2) is 92.0 Å². The summed E-state index contributed by atoms with van der Waals surface area (Å²) in [4.78, 5) is 32.3. The minimum absolute atomic E-state index is 0.0970.